The highest BCUT2D eigenvalue weighted by molar-refractivity contribution is 6.05. The lowest BCUT2D eigenvalue weighted by Crippen LogP contribution is -2.20. The number of carbonyl (C=O) groups excluding carboxylic acids is 3. The molecule has 0 aliphatic carbocycles. The molecule has 1 N–H and O–H groups in total. The second kappa shape index (κ2) is 10.6. The van der Waals surface area contributed by atoms with Gasteiger partial charge in [-0.1, -0.05) is 83.9 Å². The van der Waals surface area contributed by atoms with Crippen LogP contribution in [-0.4, -0.2) is 17.7 Å². The molecule has 4 rings (SSSR count). The molecule has 0 saturated heterocycles. The Kier molecular flexibility index (Phi) is 7.17. The molecule has 0 aliphatic rings. The maximum Gasteiger partial charge on any atom is 0.339 e. The highest BCUT2D eigenvalue weighted by Gasteiger charge is 2.27. The number of ether oxygens (including phenoxy) is 1. The van der Waals surface area contributed by atoms with E-state index in [4.69, 9.17) is 4.74 Å². The van der Waals surface area contributed by atoms with Crippen LogP contribution in [0, 0.1) is 13.8 Å². The minimum absolute atomic E-state index is 0.226. The second-order valence-electron chi connectivity index (χ2n) is 8.33. The maximum absolute atomic E-state index is 13.3. The van der Waals surface area contributed by atoms with Crippen LogP contribution < -0.4 is 5.32 Å². The Hall–Kier alpha value is -4.51. The molecule has 0 saturated carbocycles. The van der Waals surface area contributed by atoms with Gasteiger partial charge in [-0.25, -0.2) is 4.79 Å². The zero-order valence-corrected chi connectivity index (χ0v) is 19.5. The molecule has 1 atom stereocenters. The van der Waals surface area contributed by atoms with Gasteiger partial charge in [0.2, 0.25) is 5.78 Å². The number of hydrogen-bond donors (Lipinski definition) is 1. The van der Waals surface area contributed by atoms with E-state index in [0.29, 0.717) is 22.4 Å². The average molecular weight is 464 g/mol. The topological polar surface area (TPSA) is 72.5 Å². The summed E-state index contributed by atoms with van der Waals surface area (Å²) in [6.07, 6.45) is -1.10. The lowest BCUT2D eigenvalue weighted by Gasteiger charge is -2.18. The smallest absolute Gasteiger partial charge is 0.339 e. The predicted octanol–water partition coefficient (Wildman–Crippen LogP) is 6.34. The molecule has 5 nitrogen and oxygen atoms in total. The van der Waals surface area contributed by atoms with Gasteiger partial charge in [-0.3, -0.25) is 9.59 Å². The molecule has 4 aromatic rings. The van der Waals surface area contributed by atoms with Crippen molar-refractivity contribution in [2.24, 2.45) is 0 Å². The van der Waals surface area contributed by atoms with Gasteiger partial charge in [0, 0.05) is 22.4 Å². The first-order valence-corrected chi connectivity index (χ1v) is 11.3. The number of carbonyl (C=O) groups is 3. The fourth-order valence-electron chi connectivity index (χ4n) is 3.58. The fourth-order valence-corrected chi connectivity index (χ4v) is 3.58. The van der Waals surface area contributed by atoms with Crippen molar-refractivity contribution in [1.82, 2.24) is 0 Å². The first-order valence-electron chi connectivity index (χ1n) is 11.3. The van der Waals surface area contributed by atoms with E-state index in [-0.39, 0.29) is 17.3 Å². The van der Waals surface area contributed by atoms with E-state index < -0.39 is 12.1 Å². The molecule has 0 bridgehead atoms. The first kappa shape index (κ1) is 23.6. The van der Waals surface area contributed by atoms with Crippen LogP contribution in [0.3, 0.4) is 0 Å². The Labute approximate surface area is 204 Å². The molecule has 0 spiro atoms. The summed E-state index contributed by atoms with van der Waals surface area (Å²) < 4.78 is 5.73. The molecule has 35 heavy (non-hydrogen) atoms. The van der Waals surface area contributed by atoms with E-state index in [1.54, 1.807) is 66.7 Å². The van der Waals surface area contributed by atoms with Crippen LogP contribution >= 0.6 is 0 Å². The number of Topliss-reactive ketones (excluding diaryl/α,β-unsaturated/α-hetero) is 1. The summed E-state index contributed by atoms with van der Waals surface area (Å²) in [6, 6.07) is 29.7. The van der Waals surface area contributed by atoms with Gasteiger partial charge in [0.25, 0.3) is 5.91 Å². The number of ketones is 1. The van der Waals surface area contributed by atoms with E-state index in [0.717, 1.165) is 11.1 Å². The number of rotatable bonds is 7. The largest absolute Gasteiger partial charge is 0.445 e. The van der Waals surface area contributed by atoms with Crippen molar-refractivity contribution in [2.75, 3.05) is 5.32 Å². The van der Waals surface area contributed by atoms with Crippen LogP contribution in [-0.2, 0) is 4.74 Å². The summed E-state index contributed by atoms with van der Waals surface area (Å²) in [5, 5.41) is 2.80. The number of esters is 1. The monoisotopic (exact) mass is 463 g/mol. The summed E-state index contributed by atoms with van der Waals surface area (Å²) in [4.78, 5) is 38.9. The minimum atomic E-state index is -1.10. The Morgan fingerprint density at radius 1 is 0.657 bits per heavy atom. The molecule has 0 aromatic heterocycles. The average Bonchev–Trinajstić information content (AvgIpc) is 2.88. The third kappa shape index (κ3) is 5.89. The lowest BCUT2D eigenvalue weighted by atomic mass is 9.99. The van der Waals surface area contributed by atoms with Crippen molar-refractivity contribution in [3.63, 3.8) is 0 Å². The molecule has 0 aliphatic heterocycles. The van der Waals surface area contributed by atoms with Gasteiger partial charge < -0.3 is 10.1 Å². The summed E-state index contributed by atoms with van der Waals surface area (Å²) in [5.41, 5.74) is 4.30. The summed E-state index contributed by atoms with van der Waals surface area (Å²) in [5.74, 6) is -1.26. The van der Waals surface area contributed by atoms with Crippen LogP contribution in [0.4, 0.5) is 5.69 Å². The number of amides is 1. The van der Waals surface area contributed by atoms with Crippen molar-refractivity contribution in [3.8, 4) is 0 Å². The van der Waals surface area contributed by atoms with Gasteiger partial charge in [-0.05, 0) is 44.2 Å². The number of aryl methyl sites for hydroxylation is 2. The van der Waals surface area contributed by atoms with Crippen LogP contribution in [0.1, 0.15) is 53.9 Å². The third-order valence-corrected chi connectivity index (χ3v) is 5.57. The number of anilines is 1. The number of benzene rings is 4. The highest BCUT2D eigenvalue weighted by Crippen LogP contribution is 2.25. The van der Waals surface area contributed by atoms with Gasteiger partial charge in [-0.15, -0.1) is 0 Å². The van der Waals surface area contributed by atoms with E-state index >= 15 is 0 Å². The summed E-state index contributed by atoms with van der Waals surface area (Å²) in [7, 11) is 0. The Balaban J connectivity index is 1.55. The molecular weight excluding hydrogens is 438 g/mol. The minimum Gasteiger partial charge on any atom is -0.445 e. The van der Waals surface area contributed by atoms with Crippen molar-refractivity contribution in [3.05, 3.63) is 137 Å². The molecule has 0 unspecified atom stereocenters. The zero-order chi connectivity index (χ0) is 24.8. The van der Waals surface area contributed by atoms with Gasteiger partial charge in [0.05, 0.1) is 5.56 Å². The predicted molar refractivity (Wildman–Crippen MR) is 136 cm³/mol. The standard InChI is InChI=1S/C30H25NO4/c1-20-11-15-22(16-12-20)27(32)28(23-7-4-3-5-8-23)35-30(34)25-9-6-10-26(19-25)31-29(33)24-17-13-21(2)14-18-24/h3-19,28H,1-2H3,(H,31,33)/t28-/m1/s1. The SMILES string of the molecule is Cc1ccc(C(=O)Nc2cccc(C(=O)O[C@@H](C(=O)c3ccc(C)cc3)c3ccccc3)c2)cc1. The van der Waals surface area contributed by atoms with Crippen LogP contribution in [0.15, 0.2) is 103 Å². The summed E-state index contributed by atoms with van der Waals surface area (Å²) >= 11 is 0. The van der Waals surface area contributed by atoms with Crippen molar-refractivity contribution >= 4 is 23.3 Å². The molecule has 0 heterocycles. The van der Waals surface area contributed by atoms with Crippen molar-refractivity contribution in [2.45, 2.75) is 20.0 Å². The normalized spacial score (nSPS) is 11.4. The molecule has 0 fully saturated rings. The quantitative estimate of drug-likeness (QED) is 0.257. The maximum atomic E-state index is 13.3. The van der Waals surface area contributed by atoms with Crippen LogP contribution in [0.2, 0.25) is 0 Å². The first-order chi connectivity index (χ1) is 16.9. The molecular formula is C30H25NO4. The lowest BCUT2D eigenvalue weighted by molar-refractivity contribution is 0.0280. The number of hydrogen-bond acceptors (Lipinski definition) is 4. The Morgan fingerprint density at radius 3 is 1.89 bits per heavy atom. The highest BCUT2D eigenvalue weighted by atomic mass is 16.5. The Morgan fingerprint density at radius 2 is 1.26 bits per heavy atom. The second-order valence-corrected chi connectivity index (χ2v) is 8.33. The van der Waals surface area contributed by atoms with Crippen molar-refractivity contribution < 1.29 is 19.1 Å². The fraction of sp³-hybridized carbons (Fsp3) is 0.100. The third-order valence-electron chi connectivity index (χ3n) is 5.57. The van der Waals surface area contributed by atoms with Gasteiger partial charge in [0.1, 0.15) is 0 Å². The molecule has 4 aromatic carbocycles. The molecule has 174 valence electrons. The van der Waals surface area contributed by atoms with Crippen molar-refractivity contribution in [1.29, 1.82) is 0 Å². The Bertz CT molecular complexity index is 1340. The van der Waals surface area contributed by atoms with Gasteiger partial charge >= 0.3 is 5.97 Å². The van der Waals surface area contributed by atoms with Crippen LogP contribution in [0.25, 0.3) is 0 Å². The van der Waals surface area contributed by atoms with E-state index in [2.05, 4.69) is 5.32 Å². The van der Waals surface area contributed by atoms with Crippen LogP contribution in [0.5, 0.6) is 0 Å². The molecule has 5 heteroatoms. The van der Waals surface area contributed by atoms with E-state index in [1.807, 2.05) is 44.2 Å². The van der Waals surface area contributed by atoms with E-state index in [9.17, 15) is 14.4 Å². The molecule has 1 amide bonds. The van der Waals surface area contributed by atoms with Gasteiger partial charge in [0.15, 0.2) is 6.10 Å². The van der Waals surface area contributed by atoms with E-state index in [1.165, 1.54) is 6.07 Å². The molecule has 0 radical (unpaired) electrons. The van der Waals surface area contributed by atoms with Gasteiger partial charge in [-0.2, -0.15) is 0 Å². The summed E-state index contributed by atoms with van der Waals surface area (Å²) in [6.45, 7) is 3.89. The number of nitrogens with one attached hydrogen (secondary N) is 1. The zero-order valence-electron chi connectivity index (χ0n) is 19.5.